The summed E-state index contributed by atoms with van der Waals surface area (Å²) >= 11 is 0. The van der Waals surface area contributed by atoms with Crippen LogP contribution in [0.4, 0.5) is 5.82 Å². The number of phenolic OH excluding ortho intramolecular Hbond substituents is 1. The van der Waals surface area contributed by atoms with Crippen LogP contribution in [0.15, 0.2) is 79.0 Å². The van der Waals surface area contributed by atoms with Crippen molar-refractivity contribution in [2.75, 3.05) is 5.73 Å². The minimum absolute atomic E-state index is 0.0919. The number of nitrogens with one attached hydrogen (secondary N) is 1. The van der Waals surface area contributed by atoms with Crippen molar-refractivity contribution < 1.29 is 35.4 Å². The summed E-state index contributed by atoms with van der Waals surface area (Å²) in [5.41, 5.74) is 10.8. The third kappa shape index (κ3) is 12.5. The Morgan fingerprint density at radius 3 is 2.47 bits per heavy atom. The van der Waals surface area contributed by atoms with Gasteiger partial charge in [-0.15, -0.1) is 5.75 Å². The van der Waals surface area contributed by atoms with Crippen LogP contribution in [0.3, 0.4) is 0 Å². The molecule has 336 valence electrons. The van der Waals surface area contributed by atoms with Crippen molar-refractivity contribution >= 4 is 11.8 Å². The average Bonchev–Trinajstić information content (AvgIpc) is 3.79. The molecule has 1 saturated carbocycles. The summed E-state index contributed by atoms with van der Waals surface area (Å²) in [5, 5.41) is 69.0. The molecule has 4 aromatic rings. The number of hydrogen-bond acceptors (Lipinski definition) is 8. The number of nitrogens with zero attached hydrogens (tertiary/aromatic N) is 1. The number of hydrogen-bond donors (Lipinski definition) is 7. The molecule has 2 aromatic heterocycles. The van der Waals surface area contributed by atoms with Crippen LogP contribution in [0.2, 0.25) is 0 Å². The average molecular weight is 849 g/mol. The first-order valence-corrected chi connectivity index (χ1v) is 23.3. The van der Waals surface area contributed by atoms with Gasteiger partial charge in [-0.1, -0.05) is 94.9 Å². The second kappa shape index (κ2) is 22.1. The molecule has 2 heterocycles. The number of anilines is 1. The number of carboxylic acid groups (broad SMARTS) is 1. The van der Waals surface area contributed by atoms with Crippen LogP contribution in [0.25, 0.3) is 11.3 Å². The molecule has 0 aliphatic heterocycles. The second-order valence-electron chi connectivity index (χ2n) is 18.6. The van der Waals surface area contributed by atoms with E-state index >= 15 is 0 Å². The Morgan fingerprint density at radius 2 is 1.74 bits per heavy atom. The van der Waals surface area contributed by atoms with E-state index in [0.717, 1.165) is 60.2 Å². The largest absolute Gasteiger partial charge is 0.872 e. The fourth-order valence-corrected chi connectivity index (χ4v) is 10.5. The molecule has 6 rings (SSSR count). The number of aromatic nitrogens is 2. The van der Waals surface area contributed by atoms with E-state index in [1.807, 2.05) is 42.5 Å². The normalized spacial score (nSPS) is 23.4. The molecule has 0 radical (unpaired) electrons. The number of aliphatic carboxylic acids is 1. The number of aromatic hydroxyl groups is 1. The van der Waals surface area contributed by atoms with E-state index in [1.54, 1.807) is 12.3 Å². The molecule has 8 atom stereocenters. The summed E-state index contributed by atoms with van der Waals surface area (Å²) in [4.78, 5) is 20.3. The van der Waals surface area contributed by atoms with Gasteiger partial charge in [-0.3, -0.25) is 4.79 Å². The van der Waals surface area contributed by atoms with Gasteiger partial charge in [-0.2, -0.15) is 0 Å². The highest BCUT2D eigenvalue weighted by Gasteiger charge is 2.46. The summed E-state index contributed by atoms with van der Waals surface area (Å²) in [6.45, 7) is 4.26. The van der Waals surface area contributed by atoms with Gasteiger partial charge in [0, 0.05) is 29.1 Å². The third-order valence-electron chi connectivity index (χ3n) is 13.9. The van der Waals surface area contributed by atoms with Gasteiger partial charge >= 0.3 is 5.97 Å². The van der Waals surface area contributed by atoms with E-state index in [0.29, 0.717) is 74.2 Å². The molecule has 10 heteroatoms. The van der Waals surface area contributed by atoms with Crippen LogP contribution < -0.4 is 10.8 Å². The Hall–Kier alpha value is -4.64. The summed E-state index contributed by atoms with van der Waals surface area (Å²) in [7, 11) is 0. The SMILES string of the molecule is CCCCCC1C=CC(CCCCCC(C(=O)O)C(O)CCC2(O)CC(Cc3ccnc(N)c3)CC2Cc2cc(CC)c(-c3cc(O)cc([O-])c3Cc3ccccc3)[nH]2)C(O)C1. The van der Waals surface area contributed by atoms with Crippen LogP contribution in [0.1, 0.15) is 132 Å². The van der Waals surface area contributed by atoms with Crippen molar-refractivity contribution in [2.45, 2.75) is 147 Å². The molecular weight excluding hydrogens is 779 g/mol. The van der Waals surface area contributed by atoms with Gasteiger partial charge in [-0.25, -0.2) is 4.98 Å². The number of benzene rings is 2. The van der Waals surface area contributed by atoms with Gasteiger partial charge < -0.3 is 41.4 Å². The molecule has 2 aromatic carbocycles. The molecule has 8 unspecified atom stereocenters. The summed E-state index contributed by atoms with van der Waals surface area (Å²) in [6, 6.07) is 18.6. The number of aliphatic hydroxyl groups is 3. The maximum Gasteiger partial charge on any atom is 0.309 e. The lowest BCUT2D eigenvalue weighted by atomic mass is 9.80. The van der Waals surface area contributed by atoms with Gasteiger partial charge in [0.1, 0.15) is 11.6 Å². The van der Waals surface area contributed by atoms with Crippen molar-refractivity contribution in [1.82, 2.24) is 9.97 Å². The van der Waals surface area contributed by atoms with Crippen molar-refractivity contribution in [3.63, 3.8) is 0 Å². The highest BCUT2D eigenvalue weighted by Crippen LogP contribution is 2.47. The Bertz CT molecular complexity index is 2070. The van der Waals surface area contributed by atoms with Crippen molar-refractivity contribution in [1.29, 1.82) is 0 Å². The molecule has 2 aliphatic rings. The van der Waals surface area contributed by atoms with Gasteiger partial charge in [0.2, 0.25) is 0 Å². The quantitative estimate of drug-likeness (QED) is 0.0281. The number of nitrogen functional groups attached to an aromatic ring is 1. The van der Waals surface area contributed by atoms with Gasteiger partial charge in [0.15, 0.2) is 0 Å². The zero-order valence-electron chi connectivity index (χ0n) is 36.9. The van der Waals surface area contributed by atoms with E-state index in [2.05, 4.69) is 42.0 Å². The number of phenols is 1. The van der Waals surface area contributed by atoms with Crippen LogP contribution in [-0.2, 0) is 30.5 Å². The number of aromatic amines is 1. The highest BCUT2D eigenvalue weighted by atomic mass is 16.4. The number of pyridine rings is 1. The first-order chi connectivity index (χ1) is 29.8. The fourth-order valence-electron chi connectivity index (χ4n) is 10.5. The van der Waals surface area contributed by atoms with E-state index in [9.17, 15) is 35.4 Å². The van der Waals surface area contributed by atoms with E-state index in [4.69, 9.17) is 5.73 Å². The number of allylic oxidation sites excluding steroid dienone is 1. The van der Waals surface area contributed by atoms with E-state index in [1.165, 1.54) is 25.3 Å². The number of nitrogens with two attached hydrogens (primary N) is 1. The molecule has 62 heavy (non-hydrogen) atoms. The Labute approximate surface area is 368 Å². The van der Waals surface area contributed by atoms with Crippen molar-refractivity contribution in [3.05, 3.63) is 107 Å². The zero-order chi connectivity index (χ0) is 44.2. The first-order valence-electron chi connectivity index (χ1n) is 23.3. The minimum Gasteiger partial charge on any atom is -0.872 e. The van der Waals surface area contributed by atoms with Gasteiger partial charge in [-0.05, 0) is 147 Å². The van der Waals surface area contributed by atoms with Crippen LogP contribution >= 0.6 is 0 Å². The third-order valence-corrected chi connectivity index (χ3v) is 13.9. The summed E-state index contributed by atoms with van der Waals surface area (Å²) in [5.74, 6) is -1.32. The maximum atomic E-state index is 13.3. The molecule has 8 N–H and O–H groups in total. The van der Waals surface area contributed by atoms with Crippen LogP contribution in [-0.4, -0.2) is 59.3 Å². The topological polar surface area (TPSA) is 196 Å². The number of carbonyl (C=O) groups is 1. The number of aryl methyl sites for hydroxylation is 1. The predicted molar refractivity (Wildman–Crippen MR) is 244 cm³/mol. The molecular formula is C52H70N3O7-. The monoisotopic (exact) mass is 849 g/mol. The van der Waals surface area contributed by atoms with Crippen molar-refractivity contribution in [2.24, 2.45) is 29.6 Å². The smallest absolute Gasteiger partial charge is 0.309 e. The van der Waals surface area contributed by atoms with Crippen LogP contribution in [0.5, 0.6) is 11.5 Å². The van der Waals surface area contributed by atoms with E-state index < -0.39 is 23.6 Å². The lowest BCUT2D eigenvalue weighted by molar-refractivity contribution is -0.269. The predicted octanol–water partition coefficient (Wildman–Crippen LogP) is 9.06. The lowest BCUT2D eigenvalue weighted by Gasteiger charge is -2.32. The fraction of sp³-hybridized carbons (Fsp3) is 0.538. The zero-order valence-corrected chi connectivity index (χ0v) is 36.9. The number of unbranched alkanes of at least 4 members (excludes halogenated alkanes) is 4. The highest BCUT2D eigenvalue weighted by molar-refractivity contribution is 5.73. The molecule has 0 amide bonds. The maximum absolute atomic E-state index is 13.3. The second-order valence-corrected chi connectivity index (χ2v) is 18.6. The van der Waals surface area contributed by atoms with Crippen LogP contribution in [0, 0.1) is 29.6 Å². The molecule has 10 nitrogen and oxygen atoms in total. The first kappa shape index (κ1) is 46.9. The Kier molecular flexibility index (Phi) is 16.7. The standard InChI is InChI=1S/C52H71N3O7/c1-3-5-8-13-35-18-19-39(47(58)27-35)16-11-7-12-17-43(51(60)61)46(57)20-22-52(62)33-37(24-36-21-23-54-49(53)28-36)25-40(52)30-41-29-38(4-2)50(55-41)45-31-42(56)32-48(59)44(45)26-34-14-9-6-10-15-34/h6,9-10,14-15,18-19,21,23,28-29,31-32,35,37,39-40,43,46-47,55-59,62H,3-5,7-8,11-13,16-17,20,22,24-27,30,33H2,1-2H3,(H2,53,54)(H,60,61)/p-1. The van der Waals surface area contributed by atoms with Gasteiger partial charge in [0.25, 0.3) is 0 Å². The molecule has 1 fully saturated rings. The number of rotatable bonds is 23. The lowest BCUT2D eigenvalue weighted by Crippen LogP contribution is -2.37. The minimum atomic E-state index is -1.17. The van der Waals surface area contributed by atoms with Crippen molar-refractivity contribution in [3.8, 4) is 22.8 Å². The molecule has 0 bridgehead atoms. The molecule has 0 saturated heterocycles. The molecule has 2 aliphatic carbocycles. The number of aliphatic hydroxyl groups excluding tert-OH is 2. The Morgan fingerprint density at radius 1 is 0.952 bits per heavy atom. The van der Waals surface area contributed by atoms with Gasteiger partial charge in [0.05, 0.1) is 23.7 Å². The number of carboxylic acids is 1. The number of H-pyrrole nitrogens is 1. The summed E-state index contributed by atoms with van der Waals surface area (Å²) in [6.07, 6.45) is 17.8. The summed E-state index contributed by atoms with van der Waals surface area (Å²) < 4.78 is 0. The molecule has 0 spiro atoms. The Balaban J connectivity index is 1.12. The van der Waals surface area contributed by atoms with E-state index in [-0.39, 0.29) is 48.2 Å².